The summed E-state index contributed by atoms with van der Waals surface area (Å²) in [6, 6.07) is 17.4. The Kier molecular flexibility index (Phi) is 5.42. The van der Waals surface area contributed by atoms with Crippen molar-refractivity contribution in [2.45, 2.75) is 26.7 Å². The van der Waals surface area contributed by atoms with Crippen molar-refractivity contribution >= 4 is 28.9 Å². The molecule has 29 heavy (non-hydrogen) atoms. The Morgan fingerprint density at radius 2 is 1.69 bits per heavy atom. The molecular formula is C23H24N4O2. The van der Waals surface area contributed by atoms with Crippen molar-refractivity contribution in [1.29, 1.82) is 0 Å². The monoisotopic (exact) mass is 388 g/mol. The van der Waals surface area contributed by atoms with Crippen LogP contribution in [0.2, 0.25) is 0 Å². The first-order valence-electron chi connectivity index (χ1n) is 9.88. The molecule has 1 atom stereocenters. The maximum Gasteiger partial charge on any atom is 0.229 e. The lowest BCUT2D eigenvalue weighted by Gasteiger charge is -2.23. The molecule has 0 bridgehead atoms. The number of aromatic nitrogens is 2. The van der Waals surface area contributed by atoms with Gasteiger partial charge in [0, 0.05) is 17.8 Å². The zero-order valence-corrected chi connectivity index (χ0v) is 16.6. The van der Waals surface area contributed by atoms with Crippen LogP contribution in [-0.2, 0) is 6.42 Å². The molecule has 1 aromatic heterocycles. The second-order valence-electron chi connectivity index (χ2n) is 7.23. The highest BCUT2D eigenvalue weighted by Gasteiger charge is 2.28. The largest absolute Gasteiger partial charge is 0.494 e. The number of fused-ring (bicyclic) bond motifs is 1. The van der Waals surface area contributed by atoms with E-state index in [0.717, 1.165) is 29.2 Å². The number of para-hydroxylation sites is 1. The minimum absolute atomic E-state index is 0.0819. The van der Waals surface area contributed by atoms with Crippen molar-refractivity contribution in [3.63, 3.8) is 0 Å². The maximum absolute atomic E-state index is 12.8. The zero-order chi connectivity index (χ0) is 20.2. The zero-order valence-electron chi connectivity index (χ0n) is 16.6. The summed E-state index contributed by atoms with van der Waals surface area (Å²) in [5, 5.41) is 6.55. The summed E-state index contributed by atoms with van der Waals surface area (Å²) in [6.45, 7) is 4.65. The van der Waals surface area contributed by atoms with Crippen LogP contribution in [0.4, 0.5) is 23.1 Å². The Balaban J connectivity index is 1.69. The topological polar surface area (TPSA) is 76.1 Å². The summed E-state index contributed by atoms with van der Waals surface area (Å²) >= 11 is 0. The fourth-order valence-electron chi connectivity index (χ4n) is 3.50. The van der Waals surface area contributed by atoms with E-state index in [1.165, 1.54) is 0 Å². The van der Waals surface area contributed by atoms with Crippen LogP contribution in [0, 0.1) is 5.92 Å². The van der Waals surface area contributed by atoms with E-state index in [-0.39, 0.29) is 11.7 Å². The lowest BCUT2D eigenvalue weighted by atomic mass is 9.87. The van der Waals surface area contributed by atoms with Gasteiger partial charge in [-0.1, -0.05) is 25.1 Å². The van der Waals surface area contributed by atoms with Crippen molar-refractivity contribution in [2.75, 3.05) is 17.2 Å². The minimum atomic E-state index is 0.0819. The van der Waals surface area contributed by atoms with Crippen LogP contribution in [0.25, 0.3) is 0 Å². The predicted molar refractivity (Wildman–Crippen MR) is 114 cm³/mol. The third-order valence-corrected chi connectivity index (χ3v) is 4.80. The average molecular weight is 388 g/mol. The molecule has 0 spiro atoms. The smallest absolute Gasteiger partial charge is 0.229 e. The van der Waals surface area contributed by atoms with Crippen LogP contribution < -0.4 is 15.4 Å². The molecule has 0 fully saturated rings. The highest BCUT2D eigenvalue weighted by Crippen LogP contribution is 2.32. The van der Waals surface area contributed by atoms with Gasteiger partial charge in [0.1, 0.15) is 11.6 Å². The summed E-state index contributed by atoms with van der Waals surface area (Å²) in [4.78, 5) is 22.0. The molecule has 0 saturated carbocycles. The van der Waals surface area contributed by atoms with Crippen molar-refractivity contribution in [2.24, 2.45) is 5.92 Å². The number of hydrogen-bond donors (Lipinski definition) is 2. The molecule has 4 rings (SSSR count). The van der Waals surface area contributed by atoms with E-state index in [1.807, 2.05) is 61.5 Å². The fraction of sp³-hybridized carbons (Fsp3) is 0.261. The summed E-state index contributed by atoms with van der Waals surface area (Å²) in [5.41, 5.74) is 3.12. The van der Waals surface area contributed by atoms with Crippen LogP contribution in [0.3, 0.4) is 0 Å². The normalized spacial score (nSPS) is 15.5. The lowest BCUT2D eigenvalue weighted by molar-refractivity contribution is 0.0953. The third kappa shape index (κ3) is 4.37. The highest BCUT2D eigenvalue weighted by molar-refractivity contribution is 6.03. The van der Waals surface area contributed by atoms with Crippen molar-refractivity contribution < 1.29 is 9.53 Å². The number of carbonyl (C=O) groups excluding carboxylic acids is 1. The van der Waals surface area contributed by atoms with Gasteiger partial charge >= 0.3 is 0 Å². The molecule has 6 nitrogen and oxygen atoms in total. The van der Waals surface area contributed by atoms with Crippen molar-refractivity contribution in [3.05, 3.63) is 65.9 Å². The Labute approximate surface area is 170 Å². The molecule has 0 saturated heterocycles. The van der Waals surface area contributed by atoms with Gasteiger partial charge in [-0.2, -0.15) is 4.98 Å². The molecule has 0 aliphatic heterocycles. The summed E-state index contributed by atoms with van der Waals surface area (Å²) in [7, 11) is 0. The van der Waals surface area contributed by atoms with Crippen molar-refractivity contribution in [1.82, 2.24) is 9.97 Å². The molecule has 1 aliphatic rings. The first-order chi connectivity index (χ1) is 14.1. The summed E-state index contributed by atoms with van der Waals surface area (Å²) < 4.78 is 5.50. The van der Waals surface area contributed by atoms with E-state index in [0.29, 0.717) is 30.4 Å². The standard InChI is InChI=1S/C23H24N4O2/c1-3-29-18-11-9-17(10-12-18)24-22-21-19(13-15(2)14-20(21)28)26-23(27-22)25-16-7-5-4-6-8-16/h4-12,15H,3,13-14H2,1-2H3,(H2,24,25,26,27). The number of carbonyl (C=O) groups is 1. The number of anilines is 4. The number of ketones is 1. The van der Waals surface area contributed by atoms with Gasteiger partial charge in [0.25, 0.3) is 0 Å². The quantitative estimate of drug-likeness (QED) is 0.610. The Morgan fingerprint density at radius 1 is 0.966 bits per heavy atom. The first-order valence-corrected chi connectivity index (χ1v) is 9.88. The molecule has 0 radical (unpaired) electrons. The van der Waals surface area contributed by atoms with E-state index in [4.69, 9.17) is 4.74 Å². The minimum Gasteiger partial charge on any atom is -0.494 e. The number of hydrogen-bond acceptors (Lipinski definition) is 6. The van der Waals surface area contributed by atoms with Gasteiger partial charge in [-0.05, 0) is 55.7 Å². The highest BCUT2D eigenvalue weighted by atomic mass is 16.5. The molecule has 148 valence electrons. The molecule has 2 N–H and O–H groups in total. The number of Topliss-reactive ketones (excluding diaryl/α,β-unsaturated/α-hetero) is 1. The second-order valence-corrected chi connectivity index (χ2v) is 7.23. The number of nitrogens with one attached hydrogen (secondary N) is 2. The van der Waals surface area contributed by atoms with E-state index in [1.54, 1.807) is 0 Å². The molecular weight excluding hydrogens is 364 g/mol. The van der Waals surface area contributed by atoms with E-state index in [2.05, 4.69) is 27.5 Å². The van der Waals surface area contributed by atoms with Crippen molar-refractivity contribution in [3.8, 4) is 5.75 Å². The van der Waals surface area contributed by atoms with Crippen LogP contribution in [0.15, 0.2) is 54.6 Å². The average Bonchev–Trinajstić information content (AvgIpc) is 2.70. The number of ether oxygens (including phenoxy) is 1. The van der Waals surface area contributed by atoms with Gasteiger partial charge in [0.2, 0.25) is 5.95 Å². The summed E-state index contributed by atoms with van der Waals surface area (Å²) in [5.74, 6) is 2.17. The Bertz CT molecular complexity index is 1000. The summed E-state index contributed by atoms with van der Waals surface area (Å²) in [6.07, 6.45) is 1.27. The van der Waals surface area contributed by atoms with E-state index >= 15 is 0 Å². The fourth-order valence-corrected chi connectivity index (χ4v) is 3.50. The lowest BCUT2D eigenvalue weighted by Crippen LogP contribution is -2.22. The first kappa shape index (κ1) is 18.9. The van der Waals surface area contributed by atoms with E-state index < -0.39 is 0 Å². The molecule has 3 aromatic rings. The van der Waals surface area contributed by atoms with Crippen LogP contribution in [-0.4, -0.2) is 22.4 Å². The molecule has 1 aliphatic carbocycles. The molecule has 1 heterocycles. The Morgan fingerprint density at radius 3 is 2.41 bits per heavy atom. The second kappa shape index (κ2) is 8.31. The molecule has 1 unspecified atom stereocenters. The molecule has 0 amide bonds. The third-order valence-electron chi connectivity index (χ3n) is 4.80. The van der Waals surface area contributed by atoms with Crippen LogP contribution in [0.5, 0.6) is 5.75 Å². The molecule has 6 heteroatoms. The maximum atomic E-state index is 12.8. The van der Waals surface area contributed by atoms with Crippen LogP contribution in [0.1, 0.15) is 36.3 Å². The molecule has 2 aromatic carbocycles. The number of benzene rings is 2. The van der Waals surface area contributed by atoms with Gasteiger partial charge in [-0.3, -0.25) is 4.79 Å². The number of rotatable bonds is 6. The van der Waals surface area contributed by atoms with Gasteiger partial charge in [-0.25, -0.2) is 4.98 Å². The number of nitrogens with zero attached hydrogens (tertiary/aromatic N) is 2. The van der Waals surface area contributed by atoms with Crippen LogP contribution >= 0.6 is 0 Å². The van der Waals surface area contributed by atoms with Gasteiger partial charge < -0.3 is 15.4 Å². The van der Waals surface area contributed by atoms with Gasteiger partial charge in [-0.15, -0.1) is 0 Å². The SMILES string of the molecule is CCOc1ccc(Nc2nc(Nc3ccccc3)nc3c2C(=O)CC(C)C3)cc1. The van der Waals surface area contributed by atoms with Gasteiger partial charge in [0.05, 0.1) is 17.9 Å². The Hall–Kier alpha value is -3.41. The van der Waals surface area contributed by atoms with Gasteiger partial charge in [0.15, 0.2) is 5.78 Å². The predicted octanol–water partition coefficient (Wildman–Crippen LogP) is 5.13. The van der Waals surface area contributed by atoms with E-state index in [9.17, 15) is 4.79 Å².